The maximum atomic E-state index is 2.47. The highest BCUT2D eigenvalue weighted by Gasteiger charge is 2.12. The van der Waals surface area contributed by atoms with Gasteiger partial charge in [-0.05, 0) is 54.4 Å². The summed E-state index contributed by atoms with van der Waals surface area (Å²) in [7, 11) is 0. The van der Waals surface area contributed by atoms with Crippen molar-refractivity contribution in [2.45, 2.75) is 98.8 Å². The Bertz CT molecular complexity index is 668. The Kier molecular flexibility index (Phi) is 13.3. The van der Waals surface area contributed by atoms with Crippen molar-refractivity contribution in [1.82, 2.24) is 0 Å². The van der Waals surface area contributed by atoms with Crippen LogP contribution in [0.5, 0.6) is 0 Å². The second kappa shape index (κ2) is 16.0. The fourth-order valence-electron chi connectivity index (χ4n) is 4.91. The quantitative estimate of drug-likeness (QED) is 0.232. The minimum absolute atomic E-state index is 0.771. The summed E-state index contributed by atoms with van der Waals surface area (Å²) >= 11 is 0. The number of para-hydroxylation sites is 2. The van der Waals surface area contributed by atoms with E-state index in [1.807, 2.05) is 0 Å². The number of anilines is 2. The second-order valence-corrected chi connectivity index (χ2v) is 11.1. The first-order valence-electron chi connectivity index (χ1n) is 13.8. The van der Waals surface area contributed by atoms with E-state index in [1.165, 1.54) is 75.6 Å². The lowest BCUT2D eigenvalue weighted by Gasteiger charge is -2.26. The third-order valence-corrected chi connectivity index (χ3v) is 7.25. The molecule has 3 unspecified atom stereocenters. The molecule has 0 spiro atoms. The number of nitrogens with zero attached hydrogens (tertiary/aromatic N) is 1. The molecule has 1 nitrogen and oxygen atoms in total. The number of benzene rings is 2. The van der Waals surface area contributed by atoms with Crippen LogP contribution in [0.3, 0.4) is 0 Å². The molecule has 0 radical (unpaired) electrons. The van der Waals surface area contributed by atoms with Crippen LogP contribution in [0.4, 0.5) is 11.4 Å². The first-order chi connectivity index (χ1) is 16.0. The van der Waals surface area contributed by atoms with E-state index in [4.69, 9.17) is 0 Å². The van der Waals surface area contributed by atoms with E-state index >= 15 is 0 Å². The molecule has 0 aromatic heterocycles. The number of rotatable bonds is 17. The van der Waals surface area contributed by atoms with Gasteiger partial charge in [-0.15, -0.1) is 0 Å². The normalized spacial score (nSPS) is 14.2. The maximum Gasteiger partial charge on any atom is 0.0410 e. The topological polar surface area (TPSA) is 3.24 Å². The summed E-state index contributed by atoms with van der Waals surface area (Å²) in [4.78, 5) is 2.47. The molecule has 0 N–H and O–H groups in total. The Balaban J connectivity index is 1.64. The molecule has 33 heavy (non-hydrogen) atoms. The average molecular weight is 450 g/mol. The smallest absolute Gasteiger partial charge is 0.0410 e. The van der Waals surface area contributed by atoms with E-state index in [0.29, 0.717) is 0 Å². The van der Waals surface area contributed by atoms with Gasteiger partial charge in [-0.25, -0.2) is 0 Å². The Morgan fingerprint density at radius 2 is 0.848 bits per heavy atom. The van der Waals surface area contributed by atoms with E-state index in [2.05, 4.69) is 100 Å². The standard InChI is InChI=1S/C32H51N/c1-27(2)15-12-16-28(3)17-13-18-29(4)19-14-20-30(5)25-26-33(31-21-8-6-9-22-31)32-23-10-7-11-24-32/h6-11,21-24,27-30H,12-20,25-26H2,1-5H3. The largest absolute Gasteiger partial charge is 0.341 e. The zero-order valence-electron chi connectivity index (χ0n) is 22.3. The Labute approximate surface area is 206 Å². The molecular formula is C32H51N. The van der Waals surface area contributed by atoms with Crippen molar-refractivity contribution in [1.29, 1.82) is 0 Å². The minimum atomic E-state index is 0.771. The zero-order chi connectivity index (χ0) is 23.9. The predicted molar refractivity (Wildman–Crippen MR) is 148 cm³/mol. The van der Waals surface area contributed by atoms with Crippen LogP contribution in [0.25, 0.3) is 0 Å². The highest BCUT2D eigenvalue weighted by molar-refractivity contribution is 5.62. The Morgan fingerprint density at radius 1 is 0.485 bits per heavy atom. The van der Waals surface area contributed by atoms with Crippen molar-refractivity contribution in [3.63, 3.8) is 0 Å². The van der Waals surface area contributed by atoms with Crippen LogP contribution in [0, 0.1) is 23.7 Å². The summed E-state index contributed by atoms with van der Waals surface area (Å²) in [5, 5.41) is 0. The molecule has 0 saturated carbocycles. The molecule has 184 valence electrons. The van der Waals surface area contributed by atoms with Crippen molar-refractivity contribution < 1.29 is 0 Å². The lowest BCUT2D eigenvalue weighted by molar-refractivity contribution is 0.375. The van der Waals surface area contributed by atoms with E-state index < -0.39 is 0 Å². The molecule has 0 heterocycles. The monoisotopic (exact) mass is 449 g/mol. The Hall–Kier alpha value is -1.76. The predicted octanol–water partition coefficient (Wildman–Crippen LogP) is 10.3. The van der Waals surface area contributed by atoms with Crippen molar-refractivity contribution >= 4 is 11.4 Å². The average Bonchev–Trinajstić information content (AvgIpc) is 2.80. The molecule has 0 amide bonds. The van der Waals surface area contributed by atoms with Crippen molar-refractivity contribution in [3.05, 3.63) is 60.7 Å². The summed E-state index contributed by atoms with van der Waals surface area (Å²) < 4.78 is 0. The fourth-order valence-corrected chi connectivity index (χ4v) is 4.91. The SMILES string of the molecule is CC(C)CCCC(C)CCCC(C)CCCC(C)CCN(c1ccccc1)c1ccccc1. The third kappa shape index (κ3) is 11.8. The summed E-state index contributed by atoms with van der Waals surface area (Å²) in [6.07, 6.45) is 13.9. The van der Waals surface area contributed by atoms with Crippen LogP contribution in [0.15, 0.2) is 60.7 Å². The van der Waals surface area contributed by atoms with Crippen LogP contribution in [0.2, 0.25) is 0 Å². The van der Waals surface area contributed by atoms with Crippen LogP contribution in [-0.4, -0.2) is 6.54 Å². The van der Waals surface area contributed by atoms with Gasteiger partial charge < -0.3 is 4.90 Å². The van der Waals surface area contributed by atoms with E-state index in [1.54, 1.807) is 0 Å². The van der Waals surface area contributed by atoms with Gasteiger partial charge in [0.2, 0.25) is 0 Å². The van der Waals surface area contributed by atoms with E-state index in [-0.39, 0.29) is 0 Å². The van der Waals surface area contributed by atoms with Gasteiger partial charge in [-0.3, -0.25) is 0 Å². The molecule has 3 atom stereocenters. The van der Waals surface area contributed by atoms with Gasteiger partial charge in [0.1, 0.15) is 0 Å². The highest BCUT2D eigenvalue weighted by Crippen LogP contribution is 2.27. The van der Waals surface area contributed by atoms with Gasteiger partial charge in [-0.2, -0.15) is 0 Å². The summed E-state index contributed by atoms with van der Waals surface area (Å²) in [6.45, 7) is 13.1. The van der Waals surface area contributed by atoms with Crippen molar-refractivity contribution in [3.8, 4) is 0 Å². The van der Waals surface area contributed by atoms with Crippen LogP contribution >= 0.6 is 0 Å². The molecule has 2 aromatic rings. The highest BCUT2D eigenvalue weighted by atomic mass is 15.1. The summed E-state index contributed by atoms with van der Waals surface area (Å²) in [5.74, 6) is 3.42. The molecule has 0 fully saturated rings. The summed E-state index contributed by atoms with van der Waals surface area (Å²) in [5.41, 5.74) is 2.59. The lowest BCUT2D eigenvalue weighted by Crippen LogP contribution is -2.20. The third-order valence-electron chi connectivity index (χ3n) is 7.25. The molecule has 0 aliphatic rings. The van der Waals surface area contributed by atoms with E-state index in [9.17, 15) is 0 Å². The van der Waals surface area contributed by atoms with Crippen LogP contribution in [0.1, 0.15) is 98.8 Å². The maximum absolute atomic E-state index is 2.47. The van der Waals surface area contributed by atoms with Crippen molar-refractivity contribution in [2.24, 2.45) is 23.7 Å². The van der Waals surface area contributed by atoms with Crippen molar-refractivity contribution in [2.75, 3.05) is 11.4 Å². The Morgan fingerprint density at radius 3 is 1.24 bits per heavy atom. The van der Waals surface area contributed by atoms with Crippen LogP contribution in [-0.2, 0) is 0 Å². The molecule has 1 heteroatoms. The molecule has 0 bridgehead atoms. The van der Waals surface area contributed by atoms with Gasteiger partial charge in [0, 0.05) is 17.9 Å². The van der Waals surface area contributed by atoms with Gasteiger partial charge in [0.05, 0.1) is 0 Å². The molecule has 0 aliphatic carbocycles. The first kappa shape index (κ1) is 27.5. The van der Waals surface area contributed by atoms with Gasteiger partial charge in [0.15, 0.2) is 0 Å². The van der Waals surface area contributed by atoms with Crippen LogP contribution < -0.4 is 4.90 Å². The molecule has 0 aliphatic heterocycles. The molecular weight excluding hydrogens is 398 g/mol. The molecule has 2 aromatic carbocycles. The van der Waals surface area contributed by atoms with Gasteiger partial charge >= 0.3 is 0 Å². The molecule has 2 rings (SSSR count). The van der Waals surface area contributed by atoms with Gasteiger partial charge in [0.25, 0.3) is 0 Å². The number of hydrogen-bond acceptors (Lipinski definition) is 1. The first-order valence-corrected chi connectivity index (χ1v) is 13.8. The number of hydrogen-bond donors (Lipinski definition) is 0. The fraction of sp³-hybridized carbons (Fsp3) is 0.625. The zero-order valence-corrected chi connectivity index (χ0v) is 22.3. The molecule has 0 saturated heterocycles. The van der Waals surface area contributed by atoms with E-state index in [0.717, 1.165) is 30.2 Å². The second-order valence-electron chi connectivity index (χ2n) is 11.1. The lowest BCUT2D eigenvalue weighted by atomic mass is 9.90. The minimum Gasteiger partial charge on any atom is -0.341 e. The van der Waals surface area contributed by atoms with Gasteiger partial charge in [-0.1, -0.05) is 129 Å². The summed E-state index contributed by atoms with van der Waals surface area (Å²) in [6, 6.07) is 21.7.